The maximum atomic E-state index is 13.4. The molecular formula is C10H9ClF2O2. The normalized spacial score (nSPS) is 11.2. The number of benzene rings is 1. The number of ether oxygens (including phenoxy) is 1. The van der Waals surface area contributed by atoms with E-state index in [1.807, 2.05) is 0 Å². The first-order valence-electron chi connectivity index (χ1n) is 4.29. The molecule has 0 aliphatic rings. The van der Waals surface area contributed by atoms with Crippen LogP contribution in [0.1, 0.15) is 12.5 Å². The molecule has 0 spiro atoms. The van der Waals surface area contributed by atoms with Gasteiger partial charge in [0.05, 0.1) is 6.61 Å². The Morgan fingerprint density at radius 1 is 1.53 bits per heavy atom. The third-order valence-electron chi connectivity index (χ3n) is 1.72. The molecule has 0 amide bonds. The van der Waals surface area contributed by atoms with Crippen LogP contribution in [0.25, 0.3) is 0 Å². The Bertz CT molecular complexity index is 366. The number of hydrogen-bond donors (Lipinski definition) is 0. The van der Waals surface area contributed by atoms with Crippen LogP contribution in [0.2, 0.25) is 5.02 Å². The molecule has 0 unspecified atom stereocenters. The molecule has 0 radical (unpaired) electrons. The summed E-state index contributed by atoms with van der Waals surface area (Å²) in [5.74, 6) is -5.21. The smallest absolute Gasteiger partial charge is 0.381 e. The van der Waals surface area contributed by atoms with Gasteiger partial charge >= 0.3 is 11.9 Å². The van der Waals surface area contributed by atoms with Crippen LogP contribution in [0.4, 0.5) is 8.78 Å². The highest BCUT2D eigenvalue weighted by Crippen LogP contribution is 2.30. The number of rotatable bonds is 3. The van der Waals surface area contributed by atoms with Crippen molar-refractivity contribution in [2.75, 3.05) is 6.61 Å². The number of alkyl halides is 2. The van der Waals surface area contributed by atoms with Crippen LogP contribution in [-0.4, -0.2) is 12.6 Å². The number of halogens is 3. The van der Waals surface area contributed by atoms with Crippen LogP contribution in [0.15, 0.2) is 24.3 Å². The molecule has 15 heavy (non-hydrogen) atoms. The third kappa shape index (κ3) is 2.65. The Labute approximate surface area is 90.8 Å². The monoisotopic (exact) mass is 234 g/mol. The van der Waals surface area contributed by atoms with E-state index in [0.29, 0.717) is 0 Å². The number of esters is 1. The first kappa shape index (κ1) is 11.9. The van der Waals surface area contributed by atoms with Gasteiger partial charge in [0, 0.05) is 10.6 Å². The molecule has 0 aromatic heterocycles. The molecule has 0 aliphatic heterocycles. The van der Waals surface area contributed by atoms with E-state index < -0.39 is 17.5 Å². The predicted molar refractivity (Wildman–Crippen MR) is 52.0 cm³/mol. The van der Waals surface area contributed by atoms with Crippen LogP contribution in [0.5, 0.6) is 0 Å². The molecule has 5 heteroatoms. The molecule has 0 bridgehead atoms. The minimum Gasteiger partial charge on any atom is -0.461 e. The average molecular weight is 235 g/mol. The Morgan fingerprint density at radius 2 is 2.20 bits per heavy atom. The lowest BCUT2D eigenvalue weighted by molar-refractivity contribution is -0.173. The maximum Gasteiger partial charge on any atom is 0.381 e. The number of hydrogen-bond acceptors (Lipinski definition) is 2. The zero-order chi connectivity index (χ0) is 11.5. The summed E-state index contributed by atoms with van der Waals surface area (Å²) < 4.78 is 31.0. The lowest BCUT2D eigenvalue weighted by atomic mass is 10.1. The Hall–Kier alpha value is -1.16. The molecule has 0 aliphatic carbocycles. The van der Waals surface area contributed by atoms with Gasteiger partial charge in [-0.1, -0.05) is 23.7 Å². The van der Waals surface area contributed by atoms with E-state index in [4.69, 9.17) is 11.6 Å². The minimum absolute atomic E-state index is 0.0883. The van der Waals surface area contributed by atoms with Crippen LogP contribution in [0, 0.1) is 0 Å². The van der Waals surface area contributed by atoms with Gasteiger partial charge in [0.25, 0.3) is 0 Å². The van der Waals surface area contributed by atoms with E-state index in [9.17, 15) is 13.6 Å². The van der Waals surface area contributed by atoms with Crippen molar-refractivity contribution in [1.82, 2.24) is 0 Å². The maximum absolute atomic E-state index is 13.4. The molecule has 82 valence electrons. The molecule has 0 saturated heterocycles. The molecule has 0 saturated carbocycles. The van der Waals surface area contributed by atoms with E-state index in [2.05, 4.69) is 4.74 Å². The Balaban J connectivity index is 2.99. The van der Waals surface area contributed by atoms with Gasteiger partial charge in [0.1, 0.15) is 0 Å². The third-order valence-corrected chi connectivity index (χ3v) is 1.95. The van der Waals surface area contributed by atoms with Gasteiger partial charge in [-0.25, -0.2) is 4.79 Å². The Kier molecular flexibility index (Phi) is 3.63. The second-order valence-electron chi connectivity index (χ2n) is 2.81. The van der Waals surface area contributed by atoms with E-state index in [1.54, 1.807) is 0 Å². The second kappa shape index (κ2) is 4.57. The molecule has 0 fully saturated rings. The predicted octanol–water partition coefficient (Wildman–Crippen LogP) is 2.99. The summed E-state index contributed by atoms with van der Waals surface area (Å²) in [6, 6.07) is 4.97. The molecule has 0 N–H and O–H groups in total. The quantitative estimate of drug-likeness (QED) is 0.752. The SMILES string of the molecule is CCOC(=O)C(F)(F)c1cccc(Cl)c1. The summed E-state index contributed by atoms with van der Waals surface area (Å²) in [5.41, 5.74) is -0.464. The fourth-order valence-electron chi connectivity index (χ4n) is 1.02. The topological polar surface area (TPSA) is 26.3 Å². The van der Waals surface area contributed by atoms with Crippen molar-refractivity contribution in [2.24, 2.45) is 0 Å². The van der Waals surface area contributed by atoms with E-state index >= 15 is 0 Å². The van der Waals surface area contributed by atoms with Crippen molar-refractivity contribution in [3.05, 3.63) is 34.9 Å². The van der Waals surface area contributed by atoms with Crippen molar-refractivity contribution in [3.63, 3.8) is 0 Å². The molecule has 2 nitrogen and oxygen atoms in total. The highest BCUT2D eigenvalue weighted by molar-refractivity contribution is 6.30. The van der Waals surface area contributed by atoms with Crippen molar-refractivity contribution < 1.29 is 18.3 Å². The van der Waals surface area contributed by atoms with Gasteiger partial charge in [-0.3, -0.25) is 0 Å². The van der Waals surface area contributed by atoms with Crippen molar-refractivity contribution in [3.8, 4) is 0 Å². The first-order valence-corrected chi connectivity index (χ1v) is 4.67. The molecule has 1 aromatic rings. The highest BCUT2D eigenvalue weighted by Gasteiger charge is 2.42. The summed E-state index contributed by atoms with van der Waals surface area (Å²) in [6.45, 7) is 1.38. The fraction of sp³-hybridized carbons (Fsp3) is 0.300. The zero-order valence-corrected chi connectivity index (χ0v) is 8.72. The van der Waals surface area contributed by atoms with Gasteiger partial charge in [-0.15, -0.1) is 0 Å². The van der Waals surface area contributed by atoms with Crippen LogP contribution in [0.3, 0.4) is 0 Å². The molecular weight excluding hydrogens is 226 g/mol. The summed E-state index contributed by atoms with van der Waals surface area (Å²) in [7, 11) is 0. The van der Waals surface area contributed by atoms with Gasteiger partial charge in [-0.05, 0) is 19.1 Å². The first-order chi connectivity index (χ1) is 6.98. The molecule has 1 rings (SSSR count). The molecule has 1 aromatic carbocycles. The fourth-order valence-corrected chi connectivity index (χ4v) is 1.21. The second-order valence-corrected chi connectivity index (χ2v) is 3.24. The molecule has 0 heterocycles. The summed E-state index contributed by atoms with van der Waals surface area (Å²) in [4.78, 5) is 11.0. The van der Waals surface area contributed by atoms with E-state index in [1.165, 1.54) is 19.1 Å². The average Bonchev–Trinajstić information content (AvgIpc) is 2.18. The van der Waals surface area contributed by atoms with Crippen LogP contribution in [-0.2, 0) is 15.5 Å². The van der Waals surface area contributed by atoms with Gasteiger partial charge in [-0.2, -0.15) is 8.78 Å². The minimum atomic E-state index is -3.65. The lowest BCUT2D eigenvalue weighted by Crippen LogP contribution is -2.28. The number of carbonyl (C=O) groups excluding carboxylic acids is 1. The number of carbonyl (C=O) groups is 1. The van der Waals surface area contributed by atoms with Gasteiger partial charge in [0.2, 0.25) is 0 Å². The molecule has 0 atom stereocenters. The van der Waals surface area contributed by atoms with Gasteiger partial charge in [0.15, 0.2) is 0 Å². The standard InChI is InChI=1S/C10H9ClF2O2/c1-2-15-9(14)10(12,13)7-4-3-5-8(11)6-7/h3-6H,2H2,1H3. The van der Waals surface area contributed by atoms with Gasteiger partial charge < -0.3 is 4.74 Å². The van der Waals surface area contributed by atoms with E-state index in [-0.39, 0.29) is 11.6 Å². The summed E-state index contributed by atoms with van der Waals surface area (Å²) >= 11 is 5.55. The van der Waals surface area contributed by atoms with E-state index in [0.717, 1.165) is 12.1 Å². The zero-order valence-electron chi connectivity index (χ0n) is 7.97. The Morgan fingerprint density at radius 3 is 2.73 bits per heavy atom. The largest absolute Gasteiger partial charge is 0.461 e. The summed E-state index contributed by atoms with van der Waals surface area (Å²) in [6.07, 6.45) is 0. The lowest BCUT2D eigenvalue weighted by Gasteiger charge is -2.14. The van der Waals surface area contributed by atoms with Crippen molar-refractivity contribution in [1.29, 1.82) is 0 Å². The van der Waals surface area contributed by atoms with Crippen molar-refractivity contribution >= 4 is 17.6 Å². The summed E-state index contributed by atoms with van der Waals surface area (Å²) in [5, 5.41) is 0.150. The van der Waals surface area contributed by atoms with Crippen molar-refractivity contribution in [2.45, 2.75) is 12.8 Å². The van der Waals surface area contributed by atoms with Crippen LogP contribution >= 0.6 is 11.6 Å². The van der Waals surface area contributed by atoms with Crippen LogP contribution < -0.4 is 0 Å². The highest BCUT2D eigenvalue weighted by atomic mass is 35.5.